The van der Waals surface area contributed by atoms with E-state index in [2.05, 4.69) is 6.92 Å². The molecule has 1 heterocycles. The van der Waals surface area contributed by atoms with Gasteiger partial charge in [-0.1, -0.05) is 38.3 Å². The van der Waals surface area contributed by atoms with Gasteiger partial charge in [0.05, 0.1) is 5.56 Å². The van der Waals surface area contributed by atoms with Crippen molar-refractivity contribution < 1.29 is 23.2 Å². The van der Waals surface area contributed by atoms with Crippen LogP contribution in [0.4, 0.5) is 4.39 Å². The summed E-state index contributed by atoms with van der Waals surface area (Å²) in [5, 5.41) is 0. The highest BCUT2D eigenvalue weighted by Crippen LogP contribution is 2.17. The highest BCUT2D eigenvalue weighted by molar-refractivity contribution is 6.61. The zero-order valence-electron chi connectivity index (χ0n) is 15.5. The van der Waals surface area contributed by atoms with Crippen molar-refractivity contribution in [1.29, 1.82) is 0 Å². The molecule has 0 unspecified atom stereocenters. The molecular formula is C21H24BFO4. The molecule has 0 atom stereocenters. The summed E-state index contributed by atoms with van der Waals surface area (Å²) < 4.78 is 29.8. The first-order chi connectivity index (χ1) is 13.2. The summed E-state index contributed by atoms with van der Waals surface area (Å²) in [6, 6.07) is 12.3. The van der Waals surface area contributed by atoms with Crippen molar-refractivity contribution in [1.82, 2.24) is 0 Å². The number of benzene rings is 2. The van der Waals surface area contributed by atoms with Crippen LogP contribution in [0.15, 0.2) is 48.5 Å². The van der Waals surface area contributed by atoms with Crippen molar-refractivity contribution in [2.24, 2.45) is 5.92 Å². The predicted molar refractivity (Wildman–Crippen MR) is 103 cm³/mol. The van der Waals surface area contributed by atoms with Crippen molar-refractivity contribution in [2.45, 2.75) is 32.6 Å². The number of halogens is 1. The van der Waals surface area contributed by atoms with Crippen molar-refractivity contribution in [3.05, 3.63) is 59.9 Å². The van der Waals surface area contributed by atoms with E-state index in [1.54, 1.807) is 12.1 Å². The zero-order chi connectivity index (χ0) is 19.1. The third-order valence-electron chi connectivity index (χ3n) is 4.63. The lowest BCUT2D eigenvalue weighted by molar-refractivity contribution is 0.0733. The SMILES string of the molecule is CCCCCC1COB(c2ccc(C(=O)Oc3ccc(F)cc3)cc2)OC1. The molecule has 1 aliphatic heterocycles. The molecule has 0 spiro atoms. The minimum atomic E-state index is -0.491. The minimum Gasteiger partial charge on any atom is -0.423 e. The molecule has 27 heavy (non-hydrogen) atoms. The molecule has 1 saturated heterocycles. The van der Waals surface area contributed by atoms with Gasteiger partial charge in [0.2, 0.25) is 0 Å². The molecule has 3 rings (SSSR count). The van der Waals surface area contributed by atoms with Crippen molar-refractivity contribution in [3.8, 4) is 5.75 Å². The van der Waals surface area contributed by atoms with E-state index in [0.29, 0.717) is 30.4 Å². The van der Waals surface area contributed by atoms with Gasteiger partial charge in [-0.2, -0.15) is 0 Å². The van der Waals surface area contributed by atoms with Crippen molar-refractivity contribution >= 4 is 18.6 Å². The van der Waals surface area contributed by atoms with Gasteiger partial charge < -0.3 is 14.0 Å². The van der Waals surface area contributed by atoms with Gasteiger partial charge in [-0.3, -0.25) is 0 Å². The van der Waals surface area contributed by atoms with Crippen LogP contribution >= 0.6 is 0 Å². The van der Waals surface area contributed by atoms with Crippen LogP contribution in [0.1, 0.15) is 43.0 Å². The second kappa shape index (κ2) is 9.67. The molecule has 0 bridgehead atoms. The molecule has 1 fully saturated rings. The standard InChI is InChI=1S/C21H24BFO4/c1-2-3-4-5-16-14-25-22(26-15-16)18-8-6-17(7-9-18)21(24)27-20-12-10-19(23)11-13-20/h6-13,16H,2-5,14-15H2,1H3. The second-order valence-corrected chi connectivity index (χ2v) is 6.83. The fourth-order valence-electron chi connectivity index (χ4n) is 3.03. The van der Waals surface area contributed by atoms with Gasteiger partial charge in [0.25, 0.3) is 0 Å². The Hall–Kier alpha value is -2.18. The minimum absolute atomic E-state index is 0.304. The number of hydrogen-bond donors (Lipinski definition) is 0. The number of ether oxygens (including phenoxy) is 1. The largest absolute Gasteiger partial charge is 0.493 e. The van der Waals surface area contributed by atoms with Gasteiger partial charge in [0.15, 0.2) is 0 Å². The number of rotatable bonds is 7. The average molecular weight is 370 g/mol. The normalized spacial score (nSPS) is 15.0. The van der Waals surface area contributed by atoms with Crippen molar-refractivity contribution in [2.75, 3.05) is 13.2 Å². The third kappa shape index (κ3) is 5.65. The molecule has 4 nitrogen and oxygen atoms in total. The molecule has 0 aliphatic carbocycles. The smallest absolute Gasteiger partial charge is 0.423 e. The van der Waals surface area contributed by atoms with Gasteiger partial charge in [0.1, 0.15) is 11.6 Å². The van der Waals surface area contributed by atoms with Gasteiger partial charge in [0, 0.05) is 19.1 Å². The average Bonchev–Trinajstić information content (AvgIpc) is 2.70. The Labute approximate surface area is 159 Å². The molecule has 2 aromatic rings. The molecule has 0 radical (unpaired) electrons. The summed E-state index contributed by atoms with van der Waals surface area (Å²) in [6.07, 6.45) is 4.81. The van der Waals surface area contributed by atoms with Crippen molar-refractivity contribution in [3.63, 3.8) is 0 Å². The number of hydrogen-bond acceptors (Lipinski definition) is 4. The summed E-state index contributed by atoms with van der Waals surface area (Å²) >= 11 is 0. The van der Waals surface area contributed by atoms with Crippen LogP contribution in [-0.2, 0) is 9.31 Å². The predicted octanol–water partition coefficient (Wildman–Crippen LogP) is 3.98. The molecule has 0 amide bonds. The van der Waals surface area contributed by atoms with E-state index in [1.807, 2.05) is 12.1 Å². The summed E-state index contributed by atoms with van der Waals surface area (Å²) in [7, 11) is -0.394. The van der Waals surface area contributed by atoms with Crippen LogP contribution in [-0.4, -0.2) is 26.3 Å². The van der Waals surface area contributed by atoms with Gasteiger partial charge in [-0.05, 0) is 48.3 Å². The van der Waals surface area contributed by atoms with E-state index in [4.69, 9.17) is 14.0 Å². The van der Waals surface area contributed by atoms with E-state index >= 15 is 0 Å². The molecular weight excluding hydrogens is 346 g/mol. The molecule has 2 aromatic carbocycles. The first kappa shape index (κ1) is 19.6. The van der Waals surface area contributed by atoms with E-state index in [-0.39, 0.29) is 5.82 Å². The Kier molecular flexibility index (Phi) is 7.01. The zero-order valence-corrected chi connectivity index (χ0v) is 15.5. The monoisotopic (exact) mass is 370 g/mol. The highest BCUT2D eigenvalue weighted by atomic mass is 19.1. The maximum absolute atomic E-state index is 12.9. The van der Waals surface area contributed by atoms with Crippen LogP contribution in [0.2, 0.25) is 0 Å². The van der Waals surface area contributed by atoms with E-state index in [9.17, 15) is 9.18 Å². The van der Waals surface area contributed by atoms with Gasteiger partial charge in [-0.15, -0.1) is 0 Å². The van der Waals surface area contributed by atoms with Crippen LogP contribution < -0.4 is 10.2 Å². The molecule has 0 aromatic heterocycles. The Morgan fingerprint density at radius 3 is 2.37 bits per heavy atom. The molecule has 0 N–H and O–H groups in total. The Bertz CT molecular complexity index is 725. The molecule has 1 aliphatic rings. The van der Waals surface area contributed by atoms with Crippen LogP contribution in [0.3, 0.4) is 0 Å². The molecule has 0 saturated carbocycles. The highest BCUT2D eigenvalue weighted by Gasteiger charge is 2.29. The Morgan fingerprint density at radius 1 is 1.07 bits per heavy atom. The van der Waals surface area contributed by atoms with E-state index in [1.165, 1.54) is 43.5 Å². The number of carbonyl (C=O) groups excluding carboxylic acids is 1. The lowest BCUT2D eigenvalue weighted by atomic mass is 9.77. The van der Waals surface area contributed by atoms with E-state index < -0.39 is 13.1 Å². The fourth-order valence-corrected chi connectivity index (χ4v) is 3.03. The second-order valence-electron chi connectivity index (χ2n) is 6.83. The van der Waals surface area contributed by atoms with Crippen LogP contribution in [0.25, 0.3) is 0 Å². The number of carbonyl (C=O) groups is 1. The fraction of sp³-hybridized carbons (Fsp3) is 0.381. The summed E-state index contributed by atoms with van der Waals surface area (Å²) in [4.78, 5) is 12.2. The lowest BCUT2D eigenvalue weighted by Crippen LogP contribution is -2.44. The summed E-state index contributed by atoms with van der Waals surface area (Å²) in [5.41, 5.74) is 1.29. The van der Waals surface area contributed by atoms with Crippen LogP contribution in [0, 0.1) is 11.7 Å². The number of unbranched alkanes of at least 4 members (excludes halogenated alkanes) is 2. The molecule has 142 valence electrons. The Morgan fingerprint density at radius 2 is 1.74 bits per heavy atom. The maximum atomic E-state index is 12.9. The summed E-state index contributed by atoms with van der Waals surface area (Å²) in [5.74, 6) is -0.106. The molecule has 6 heteroatoms. The quantitative estimate of drug-likeness (QED) is 0.320. The first-order valence-electron chi connectivity index (χ1n) is 9.46. The van der Waals surface area contributed by atoms with Crippen LogP contribution in [0.5, 0.6) is 5.75 Å². The van der Waals surface area contributed by atoms with Gasteiger partial charge >= 0.3 is 13.1 Å². The maximum Gasteiger partial charge on any atom is 0.493 e. The van der Waals surface area contributed by atoms with E-state index in [0.717, 1.165) is 11.9 Å². The summed E-state index contributed by atoms with van der Waals surface area (Å²) in [6.45, 7) is 3.59. The first-order valence-corrected chi connectivity index (χ1v) is 9.46. The topological polar surface area (TPSA) is 44.8 Å². The van der Waals surface area contributed by atoms with Gasteiger partial charge in [-0.25, -0.2) is 9.18 Å². The number of esters is 1. The lowest BCUT2D eigenvalue weighted by Gasteiger charge is -2.27. The third-order valence-corrected chi connectivity index (χ3v) is 4.63. The Balaban J connectivity index is 1.51.